The SMILES string of the molecule is Cc1cc(S(=O)(=O)Nc2ccc(Cl)cc2)ccc1OCC(=O)NCCc1ccc(S(=O)(=O)N2CCCC2)cc1. The van der Waals surface area contributed by atoms with E-state index in [0.717, 1.165) is 18.4 Å². The Bertz CT molecular complexity index is 1520. The van der Waals surface area contributed by atoms with Crippen molar-refractivity contribution >= 4 is 43.2 Å². The maximum Gasteiger partial charge on any atom is 0.261 e. The molecule has 2 N–H and O–H groups in total. The summed E-state index contributed by atoms with van der Waals surface area (Å²) < 4.78 is 60.3. The predicted molar refractivity (Wildman–Crippen MR) is 150 cm³/mol. The number of benzene rings is 3. The number of nitrogens with one attached hydrogen (secondary N) is 2. The summed E-state index contributed by atoms with van der Waals surface area (Å²) in [5, 5.41) is 3.27. The number of hydrogen-bond donors (Lipinski definition) is 2. The maximum absolute atomic E-state index is 12.7. The number of halogens is 1. The highest BCUT2D eigenvalue weighted by Gasteiger charge is 2.26. The lowest BCUT2D eigenvalue weighted by molar-refractivity contribution is -0.123. The van der Waals surface area contributed by atoms with Crippen LogP contribution in [-0.4, -0.2) is 53.3 Å². The van der Waals surface area contributed by atoms with Crippen molar-refractivity contribution in [2.75, 3.05) is 31.0 Å². The van der Waals surface area contributed by atoms with Crippen LogP contribution in [0.3, 0.4) is 0 Å². The van der Waals surface area contributed by atoms with Gasteiger partial charge in [-0.3, -0.25) is 9.52 Å². The van der Waals surface area contributed by atoms with Gasteiger partial charge < -0.3 is 10.1 Å². The number of nitrogens with zero attached hydrogens (tertiary/aromatic N) is 1. The molecule has 1 aliphatic rings. The standard InChI is InChI=1S/C27H30ClN3O6S2/c1-20-18-25(38(33,34)30-23-8-6-22(28)7-9-23)12-13-26(20)37-19-27(32)29-15-14-21-4-10-24(11-5-21)39(35,36)31-16-2-3-17-31/h4-13,18,30H,2-3,14-17,19H2,1H3,(H,29,32). The van der Waals surface area contributed by atoms with Gasteiger partial charge in [0, 0.05) is 30.3 Å². The van der Waals surface area contributed by atoms with Crippen molar-refractivity contribution in [2.45, 2.75) is 36.0 Å². The van der Waals surface area contributed by atoms with Gasteiger partial charge in [0.1, 0.15) is 5.75 Å². The van der Waals surface area contributed by atoms with E-state index >= 15 is 0 Å². The molecule has 39 heavy (non-hydrogen) atoms. The average Bonchev–Trinajstić information content (AvgIpc) is 3.46. The Labute approximate surface area is 234 Å². The largest absolute Gasteiger partial charge is 0.484 e. The first-order chi connectivity index (χ1) is 18.5. The zero-order valence-corrected chi connectivity index (χ0v) is 23.8. The second-order valence-electron chi connectivity index (χ2n) is 9.18. The van der Waals surface area contributed by atoms with Crippen LogP contribution in [0.15, 0.2) is 76.5 Å². The number of sulfonamides is 2. The molecule has 0 aliphatic carbocycles. The van der Waals surface area contributed by atoms with E-state index in [4.69, 9.17) is 16.3 Å². The van der Waals surface area contributed by atoms with Gasteiger partial charge in [0.2, 0.25) is 10.0 Å². The van der Waals surface area contributed by atoms with E-state index in [1.54, 1.807) is 55.5 Å². The number of aryl methyl sites for hydroxylation is 1. The van der Waals surface area contributed by atoms with Gasteiger partial charge in [-0.25, -0.2) is 16.8 Å². The zero-order chi connectivity index (χ0) is 28.0. The van der Waals surface area contributed by atoms with Crippen LogP contribution in [0.2, 0.25) is 5.02 Å². The molecule has 1 saturated heterocycles. The molecular weight excluding hydrogens is 562 g/mol. The smallest absolute Gasteiger partial charge is 0.261 e. The summed E-state index contributed by atoms with van der Waals surface area (Å²) in [4.78, 5) is 12.6. The fourth-order valence-corrected chi connectivity index (χ4v) is 6.92. The summed E-state index contributed by atoms with van der Waals surface area (Å²) in [5.74, 6) is 0.0640. The molecule has 0 aromatic heterocycles. The Balaban J connectivity index is 1.24. The number of rotatable bonds is 11. The van der Waals surface area contributed by atoms with Crippen LogP contribution >= 0.6 is 11.6 Å². The molecule has 4 rings (SSSR count). The van der Waals surface area contributed by atoms with E-state index in [1.165, 1.54) is 22.5 Å². The Morgan fingerprint density at radius 3 is 2.21 bits per heavy atom. The molecular formula is C27H30ClN3O6S2. The van der Waals surface area contributed by atoms with E-state index in [0.29, 0.717) is 48.1 Å². The minimum atomic E-state index is -3.81. The Morgan fingerprint density at radius 1 is 0.923 bits per heavy atom. The first kappa shape index (κ1) is 28.9. The zero-order valence-electron chi connectivity index (χ0n) is 21.4. The summed E-state index contributed by atoms with van der Waals surface area (Å²) in [6.07, 6.45) is 2.30. The molecule has 1 fully saturated rings. The normalized spacial score (nSPS) is 14.2. The number of amides is 1. The van der Waals surface area contributed by atoms with Crippen molar-refractivity contribution in [3.8, 4) is 5.75 Å². The number of carbonyl (C=O) groups excluding carboxylic acids is 1. The van der Waals surface area contributed by atoms with Crippen molar-refractivity contribution in [2.24, 2.45) is 0 Å². The quantitative estimate of drug-likeness (QED) is 0.348. The number of carbonyl (C=O) groups is 1. The molecule has 1 aliphatic heterocycles. The van der Waals surface area contributed by atoms with E-state index in [1.807, 2.05) is 0 Å². The van der Waals surface area contributed by atoms with Crippen molar-refractivity contribution in [1.82, 2.24) is 9.62 Å². The monoisotopic (exact) mass is 591 g/mol. The van der Waals surface area contributed by atoms with Crippen LogP contribution in [-0.2, 0) is 31.3 Å². The molecule has 1 heterocycles. The van der Waals surface area contributed by atoms with Crippen LogP contribution < -0.4 is 14.8 Å². The molecule has 0 unspecified atom stereocenters. The number of anilines is 1. The van der Waals surface area contributed by atoms with Crippen molar-refractivity contribution in [3.05, 3.63) is 82.9 Å². The van der Waals surface area contributed by atoms with Crippen LogP contribution in [0.5, 0.6) is 5.75 Å². The minimum Gasteiger partial charge on any atom is -0.484 e. The molecule has 9 nitrogen and oxygen atoms in total. The molecule has 3 aromatic rings. The molecule has 3 aromatic carbocycles. The van der Waals surface area contributed by atoms with Gasteiger partial charge in [-0.2, -0.15) is 4.31 Å². The fraction of sp³-hybridized carbons (Fsp3) is 0.296. The number of hydrogen-bond acceptors (Lipinski definition) is 6. The van der Waals surface area contributed by atoms with Crippen LogP contribution in [0, 0.1) is 6.92 Å². The highest BCUT2D eigenvalue weighted by molar-refractivity contribution is 7.92. The molecule has 12 heteroatoms. The molecule has 0 saturated carbocycles. The van der Waals surface area contributed by atoms with Crippen molar-refractivity contribution < 1.29 is 26.4 Å². The van der Waals surface area contributed by atoms with Gasteiger partial charge in [-0.1, -0.05) is 23.7 Å². The first-order valence-electron chi connectivity index (χ1n) is 12.4. The third kappa shape index (κ3) is 7.51. The van der Waals surface area contributed by atoms with E-state index in [-0.39, 0.29) is 22.3 Å². The Kier molecular flexibility index (Phi) is 9.16. The van der Waals surface area contributed by atoms with Gasteiger partial charge in [0.15, 0.2) is 6.61 Å². The summed E-state index contributed by atoms with van der Waals surface area (Å²) in [6.45, 7) is 2.93. The van der Waals surface area contributed by atoms with Crippen LogP contribution in [0.4, 0.5) is 5.69 Å². The maximum atomic E-state index is 12.7. The van der Waals surface area contributed by atoms with E-state index in [9.17, 15) is 21.6 Å². The lowest BCUT2D eigenvalue weighted by atomic mass is 10.1. The van der Waals surface area contributed by atoms with Crippen molar-refractivity contribution in [1.29, 1.82) is 0 Å². The second kappa shape index (κ2) is 12.4. The average molecular weight is 592 g/mol. The summed E-state index contributed by atoms with van der Waals surface area (Å²) in [5.41, 5.74) is 1.85. The summed E-state index contributed by atoms with van der Waals surface area (Å²) in [6, 6.07) is 17.4. The van der Waals surface area contributed by atoms with Crippen LogP contribution in [0.25, 0.3) is 0 Å². The van der Waals surface area contributed by atoms with Gasteiger partial charge >= 0.3 is 0 Å². The highest BCUT2D eigenvalue weighted by atomic mass is 35.5. The summed E-state index contributed by atoms with van der Waals surface area (Å²) in [7, 11) is -7.26. The predicted octanol–water partition coefficient (Wildman–Crippen LogP) is 3.97. The molecule has 1 amide bonds. The van der Waals surface area contributed by atoms with E-state index in [2.05, 4.69) is 10.0 Å². The lowest BCUT2D eigenvalue weighted by Gasteiger charge is -2.15. The topological polar surface area (TPSA) is 122 Å². The minimum absolute atomic E-state index is 0.0611. The van der Waals surface area contributed by atoms with Crippen molar-refractivity contribution in [3.63, 3.8) is 0 Å². The molecule has 0 atom stereocenters. The molecule has 0 bridgehead atoms. The van der Waals surface area contributed by atoms with Gasteiger partial charge in [-0.05, 0) is 91.9 Å². The number of ether oxygens (including phenoxy) is 1. The van der Waals surface area contributed by atoms with Gasteiger partial charge in [-0.15, -0.1) is 0 Å². The third-order valence-electron chi connectivity index (χ3n) is 6.27. The highest BCUT2D eigenvalue weighted by Crippen LogP contribution is 2.24. The third-order valence-corrected chi connectivity index (χ3v) is 9.82. The summed E-state index contributed by atoms with van der Waals surface area (Å²) >= 11 is 5.84. The Morgan fingerprint density at radius 2 is 1.56 bits per heavy atom. The second-order valence-corrected chi connectivity index (χ2v) is 13.2. The van der Waals surface area contributed by atoms with E-state index < -0.39 is 20.0 Å². The van der Waals surface area contributed by atoms with Gasteiger partial charge in [0.05, 0.1) is 9.79 Å². The molecule has 208 valence electrons. The molecule has 0 radical (unpaired) electrons. The van der Waals surface area contributed by atoms with Crippen LogP contribution in [0.1, 0.15) is 24.0 Å². The fourth-order valence-electron chi connectivity index (χ4n) is 4.13. The Hall–Kier alpha value is -3.12. The lowest BCUT2D eigenvalue weighted by Crippen LogP contribution is -2.30. The first-order valence-corrected chi connectivity index (χ1v) is 15.7. The molecule has 0 spiro atoms. The van der Waals surface area contributed by atoms with Gasteiger partial charge in [0.25, 0.3) is 15.9 Å².